The molecular formula is C7H8N6S. The van der Waals surface area contributed by atoms with Crippen molar-refractivity contribution >= 4 is 23.2 Å². The quantitative estimate of drug-likeness (QED) is 0.764. The fourth-order valence-electron chi connectivity index (χ4n) is 0.871. The van der Waals surface area contributed by atoms with Crippen LogP contribution in [-0.2, 0) is 6.54 Å². The van der Waals surface area contributed by atoms with Gasteiger partial charge < -0.3 is 11.1 Å². The highest BCUT2D eigenvalue weighted by Crippen LogP contribution is 2.04. The van der Waals surface area contributed by atoms with Gasteiger partial charge in [-0.3, -0.25) is 0 Å². The molecule has 0 spiro atoms. The molecule has 0 saturated carbocycles. The van der Waals surface area contributed by atoms with Crippen LogP contribution in [0, 0.1) is 0 Å². The van der Waals surface area contributed by atoms with E-state index in [1.54, 1.807) is 6.20 Å². The zero-order valence-electron chi connectivity index (χ0n) is 7.21. The van der Waals surface area contributed by atoms with E-state index in [9.17, 15) is 0 Å². The summed E-state index contributed by atoms with van der Waals surface area (Å²) >= 11 is 1.32. The molecule has 0 radical (unpaired) electrons. The average molecular weight is 208 g/mol. The fourth-order valence-corrected chi connectivity index (χ4v) is 1.32. The van der Waals surface area contributed by atoms with E-state index in [0.29, 0.717) is 18.2 Å². The smallest absolute Gasteiger partial charge is 0.144 e. The molecule has 0 fully saturated rings. The Morgan fingerprint density at radius 3 is 2.93 bits per heavy atom. The minimum atomic E-state index is 0.408. The number of rotatable bonds is 3. The van der Waals surface area contributed by atoms with Gasteiger partial charge in [0.1, 0.15) is 11.6 Å². The predicted octanol–water partition coefficient (Wildman–Crippen LogP) is 0.522. The third-order valence-electron chi connectivity index (χ3n) is 1.53. The van der Waals surface area contributed by atoms with Gasteiger partial charge in [-0.05, 0) is 11.5 Å². The van der Waals surface area contributed by atoms with Gasteiger partial charge in [0.15, 0.2) is 0 Å². The molecule has 6 nitrogen and oxygen atoms in total. The molecule has 0 aliphatic carbocycles. The maximum absolute atomic E-state index is 5.40. The topological polar surface area (TPSA) is 89.6 Å². The maximum atomic E-state index is 5.40. The molecule has 0 aliphatic rings. The average Bonchev–Trinajstić information content (AvgIpc) is 2.70. The van der Waals surface area contributed by atoms with Gasteiger partial charge in [-0.25, -0.2) is 9.97 Å². The van der Waals surface area contributed by atoms with E-state index in [0.717, 1.165) is 5.69 Å². The molecule has 2 heterocycles. The summed E-state index contributed by atoms with van der Waals surface area (Å²) in [4.78, 5) is 7.93. The van der Waals surface area contributed by atoms with E-state index in [-0.39, 0.29) is 0 Å². The first-order chi connectivity index (χ1) is 6.84. The summed E-state index contributed by atoms with van der Waals surface area (Å²) in [5.74, 6) is 1.08. The lowest BCUT2D eigenvalue weighted by atomic mass is 10.5. The second kappa shape index (κ2) is 3.97. The van der Waals surface area contributed by atoms with E-state index in [4.69, 9.17) is 5.73 Å². The van der Waals surface area contributed by atoms with Gasteiger partial charge in [-0.15, -0.1) is 5.10 Å². The first kappa shape index (κ1) is 8.82. The molecule has 2 aromatic rings. The Balaban J connectivity index is 1.95. The van der Waals surface area contributed by atoms with Crippen LogP contribution in [0.5, 0.6) is 0 Å². The van der Waals surface area contributed by atoms with Gasteiger partial charge in [0.2, 0.25) is 0 Å². The van der Waals surface area contributed by atoms with Gasteiger partial charge in [-0.2, -0.15) is 0 Å². The molecule has 7 heteroatoms. The molecule has 0 aromatic carbocycles. The summed E-state index contributed by atoms with van der Waals surface area (Å²) in [6, 6.07) is 0. The van der Waals surface area contributed by atoms with Gasteiger partial charge in [-0.1, -0.05) is 4.49 Å². The molecule has 72 valence electrons. The Bertz CT molecular complexity index is 383. The minimum absolute atomic E-state index is 0.408. The lowest BCUT2D eigenvalue weighted by Crippen LogP contribution is -2.02. The normalized spacial score (nSPS) is 10.0. The van der Waals surface area contributed by atoms with Crippen LogP contribution in [0.1, 0.15) is 5.69 Å². The van der Waals surface area contributed by atoms with Crippen LogP contribution in [0.2, 0.25) is 0 Å². The summed E-state index contributed by atoms with van der Waals surface area (Å²) in [6.45, 7) is 0.592. The minimum Gasteiger partial charge on any atom is -0.382 e. The Labute approximate surface area is 84.4 Å². The van der Waals surface area contributed by atoms with Crippen LogP contribution in [0.3, 0.4) is 0 Å². The Hall–Kier alpha value is -1.76. The Morgan fingerprint density at radius 2 is 2.29 bits per heavy atom. The Morgan fingerprint density at radius 1 is 1.36 bits per heavy atom. The third-order valence-corrected chi connectivity index (χ3v) is 2.08. The highest BCUT2D eigenvalue weighted by Gasteiger charge is 1.97. The van der Waals surface area contributed by atoms with Crippen LogP contribution >= 0.6 is 11.5 Å². The standard InChI is InChI=1S/C7H8N6S/c8-6-2-11-7(3-9-6)10-1-5-4-14-13-12-5/h2-4H,1H2,(H2,8,9)(H,10,11). The van der Waals surface area contributed by atoms with Crippen molar-refractivity contribution in [2.24, 2.45) is 0 Å². The molecule has 0 bridgehead atoms. The zero-order chi connectivity index (χ0) is 9.80. The summed E-state index contributed by atoms with van der Waals surface area (Å²) in [6.07, 6.45) is 3.08. The second-order valence-electron chi connectivity index (χ2n) is 2.58. The molecule has 14 heavy (non-hydrogen) atoms. The maximum Gasteiger partial charge on any atom is 0.144 e. The molecule has 2 aromatic heterocycles. The van der Waals surface area contributed by atoms with Crippen molar-refractivity contribution in [2.45, 2.75) is 6.54 Å². The molecule has 0 atom stereocenters. The first-order valence-corrected chi connectivity index (χ1v) is 4.75. The largest absolute Gasteiger partial charge is 0.382 e. The van der Waals surface area contributed by atoms with E-state index in [1.165, 1.54) is 17.7 Å². The van der Waals surface area contributed by atoms with Crippen molar-refractivity contribution in [2.75, 3.05) is 11.1 Å². The zero-order valence-corrected chi connectivity index (χ0v) is 8.03. The molecule has 2 rings (SSSR count). The third kappa shape index (κ3) is 2.13. The number of hydrogen-bond acceptors (Lipinski definition) is 7. The van der Waals surface area contributed by atoms with Crippen LogP contribution in [-0.4, -0.2) is 19.6 Å². The second-order valence-corrected chi connectivity index (χ2v) is 3.19. The van der Waals surface area contributed by atoms with Crippen molar-refractivity contribution in [1.82, 2.24) is 19.6 Å². The number of hydrogen-bond donors (Lipinski definition) is 2. The lowest BCUT2D eigenvalue weighted by Gasteiger charge is -2.01. The molecule has 0 saturated heterocycles. The Kier molecular flexibility index (Phi) is 2.50. The van der Waals surface area contributed by atoms with Crippen LogP contribution < -0.4 is 11.1 Å². The van der Waals surface area contributed by atoms with E-state index < -0.39 is 0 Å². The molecule has 0 unspecified atom stereocenters. The summed E-state index contributed by atoms with van der Waals surface area (Å²) in [5.41, 5.74) is 6.28. The number of nitrogens with one attached hydrogen (secondary N) is 1. The van der Waals surface area contributed by atoms with Gasteiger partial charge >= 0.3 is 0 Å². The van der Waals surface area contributed by atoms with E-state index in [1.807, 2.05) is 5.38 Å². The van der Waals surface area contributed by atoms with Crippen LogP contribution in [0.4, 0.5) is 11.6 Å². The van der Waals surface area contributed by atoms with E-state index in [2.05, 4.69) is 24.9 Å². The first-order valence-electron chi connectivity index (χ1n) is 3.92. The van der Waals surface area contributed by atoms with Crippen molar-refractivity contribution in [3.63, 3.8) is 0 Å². The number of anilines is 2. The SMILES string of the molecule is Nc1cnc(NCc2csnn2)cn1. The summed E-state index contributed by atoms with van der Waals surface area (Å²) in [7, 11) is 0. The monoisotopic (exact) mass is 208 g/mol. The van der Waals surface area contributed by atoms with Crippen LogP contribution in [0.25, 0.3) is 0 Å². The summed E-state index contributed by atoms with van der Waals surface area (Å²) in [5, 5.41) is 8.80. The number of aromatic nitrogens is 4. The van der Waals surface area contributed by atoms with Gasteiger partial charge in [0.25, 0.3) is 0 Å². The number of nitrogens with zero attached hydrogens (tertiary/aromatic N) is 4. The van der Waals surface area contributed by atoms with Crippen molar-refractivity contribution < 1.29 is 0 Å². The van der Waals surface area contributed by atoms with Gasteiger partial charge in [0, 0.05) is 5.38 Å². The highest BCUT2D eigenvalue weighted by atomic mass is 32.1. The highest BCUT2D eigenvalue weighted by molar-refractivity contribution is 7.03. The summed E-state index contributed by atoms with van der Waals surface area (Å²) < 4.78 is 3.74. The molecule has 0 amide bonds. The van der Waals surface area contributed by atoms with Gasteiger partial charge in [0.05, 0.1) is 24.6 Å². The lowest BCUT2D eigenvalue weighted by molar-refractivity contribution is 0.985. The number of nitrogens with two attached hydrogens (primary N) is 1. The number of nitrogen functional groups attached to an aromatic ring is 1. The fraction of sp³-hybridized carbons (Fsp3) is 0.143. The van der Waals surface area contributed by atoms with Crippen molar-refractivity contribution in [3.05, 3.63) is 23.5 Å². The van der Waals surface area contributed by atoms with Crippen molar-refractivity contribution in [3.8, 4) is 0 Å². The van der Waals surface area contributed by atoms with E-state index >= 15 is 0 Å². The predicted molar refractivity (Wildman–Crippen MR) is 53.7 cm³/mol. The van der Waals surface area contributed by atoms with Crippen LogP contribution in [0.15, 0.2) is 17.8 Å². The molecule has 3 N–H and O–H groups in total. The molecule has 0 aliphatic heterocycles. The van der Waals surface area contributed by atoms with Crippen molar-refractivity contribution in [1.29, 1.82) is 0 Å². The molecular weight excluding hydrogens is 200 g/mol.